The molecule has 0 amide bonds. The third kappa shape index (κ3) is 4.51. The van der Waals surface area contributed by atoms with Gasteiger partial charge < -0.3 is 4.74 Å². The highest BCUT2D eigenvalue weighted by Crippen LogP contribution is 2.31. The lowest BCUT2D eigenvalue weighted by Crippen LogP contribution is -2.11. The summed E-state index contributed by atoms with van der Waals surface area (Å²) >= 11 is 24.5. The van der Waals surface area contributed by atoms with Gasteiger partial charge in [0.15, 0.2) is 5.78 Å². The maximum absolute atomic E-state index is 12.3. The molecule has 3 aromatic rings. The number of rotatable bonds is 6. The molecule has 3 rings (SSSR count). The zero-order valence-electron chi connectivity index (χ0n) is 13.3. The van der Waals surface area contributed by atoms with Gasteiger partial charge in [0.05, 0.1) is 5.02 Å². The molecule has 0 spiro atoms. The van der Waals surface area contributed by atoms with Gasteiger partial charge in [0.2, 0.25) is 0 Å². The Hall–Kier alpha value is -1.72. The molecule has 0 aliphatic carbocycles. The first kappa shape index (κ1) is 19.1. The zero-order valence-corrected chi connectivity index (χ0v) is 16.3. The predicted molar refractivity (Wildman–Crippen MR) is 104 cm³/mol. The predicted octanol–water partition coefficient (Wildman–Crippen LogP) is 5.96. The van der Waals surface area contributed by atoms with Crippen LogP contribution in [0.2, 0.25) is 20.1 Å². The van der Waals surface area contributed by atoms with E-state index in [0.29, 0.717) is 37.0 Å². The molecular formula is C18H12Cl4N2O2. The summed E-state index contributed by atoms with van der Waals surface area (Å²) in [6.07, 6.45) is 3.31. The number of aromatic nitrogens is 2. The molecule has 0 N–H and O–H groups in total. The molecule has 2 aromatic carbocycles. The number of carbonyl (C=O) groups excluding carboxylic acids is 1. The standard InChI is InChI=1S/C18H12Cl4N2O2/c19-12-2-3-18(16(22)8-12)26-10-13-14(20)6-11(7-15(13)21)17(25)9-24-5-1-4-23-24/h1-8H,9-10H2. The molecule has 26 heavy (non-hydrogen) atoms. The van der Waals surface area contributed by atoms with Crippen LogP contribution >= 0.6 is 46.4 Å². The highest BCUT2D eigenvalue weighted by molar-refractivity contribution is 6.37. The maximum Gasteiger partial charge on any atom is 0.184 e. The van der Waals surface area contributed by atoms with Crippen molar-refractivity contribution >= 4 is 52.2 Å². The van der Waals surface area contributed by atoms with E-state index in [1.165, 1.54) is 4.68 Å². The third-order valence-corrected chi connectivity index (χ3v) is 4.80. The average Bonchev–Trinajstić information content (AvgIpc) is 3.08. The van der Waals surface area contributed by atoms with Gasteiger partial charge in [0, 0.05) is 38.6 Å². The second-order valence-electron chi connectivity index (χ2n) is 5.41. The number of hydrogen-bond acceptors (Lipinski definition) is 3. The van der Waals surface area contributed by atoms with Crippen LogP contribution in [0.3, 0.4) is 0 Å². The van der Waals surface area contributed by atoms with E-state index in [2.05, 4.69) is 5.10 Å². The fourth-order valence-electron chi connectivity index (χ4n) is 2.28. The summed E-state index contributed by atoms with van der Waals surface area (Å²) in [5.41, 5.74) is 0.971. The van der Waals surface area contributed by atoms with Crippen LogP contribution in [0.15, 0.2) is 48.8 Å². The first-order valence-electron chi connectivity index (χ1n) is 7.50. The zero-order chi connectivity index (χ0) is 18.7. The molecule has 4 nitrogen and oxygen atoms in total. The van der Waals surface area contributed by atoms with E-state index >= 15 is 0 Å². The second-order valence-corrected chi connectivity index (χ2v) is 7.07. The lowest BCUT2D eigenvalue weighted by molar-refractivity contribution is 0.0967. The Balaban J connectivity index is 1.75. The first-order chi connectivity index (χ1) is 12.4. The Labute approximate surface area is 170 Å². The quantitative estimate of drug-likeness (QED) is 0.454. The molecule has 0 fully saturated rings. The van der Waals surface area contributed by atoms with E-state index in [0.717, 1.165) is 0 Å². The van der Waals surface area contributed by atoms with Gasteiger partial charge in [-0.05, 0) is 36.4 Å². The number of benzene rings is 2. The summed E-state index contributed by atoms with van der Waals surface area (Å²) in [7, 11) is 0. The number of carbonyl (C=O) groups is 1. The Morgan fingerprint density at radius 2 is 1.77 bits per heavy atom. The number of nitrogens with zero attached hydrogens (tertiary/aromatic N) is 2. The van der Waals surface area contributed by atoms with Crippen LogP contribution in [-0.2, 0) is 13.2 Å². The number of hydrogen-bond donors (Lipinski definition) is 0. The van der Waals surface area contributed by atoms with E-state index in [1.54, 1.807) is 48.8 Å². The van der Waals surface area contributed by atoms with Crippen molar-refractivity contribution in [3.05, 3.63) is 80.0 Å². The summed E-state index contributed by atoms with van der Waals surface area (Å²) in [4.78, 5) is 12.3. The highest BCUT2D eigenvalue weighted by Gasteiger charge is 2.15. The summed E-state index contributed by atoms with van der Waals surface area (Å²) in [5, 5.41) is 5.59. The molecule has 134 valence electrons. The highest BCUT2D eigenvalue weighted by atomic mass is 35.5. The molecule has 0 aliphatic heterocycles. The molecule has 1 aromatic heterocycles. The molecular weight excluding hydrogens is 418 g/mol. The minimum atomic E-state index is -0.147. The normalized spacial score (nSPS) is 10.8. The minimum Gasteiger partial charge on any atom is -0.487 e. The second kappa shape index (κ2) is 8.31. The largest absolute Gasteiger partial charge is 0.487 e. The van der Waals surface area contributed by atoms with Gasteiger partial charge in [0.25, 0.3) is 0 Å². The average molecular weight is 430 g/mol. The van der Waals surface area contributed by atoms with Crippen molar-refractivity contribution in [1.82, 2.24) is 9.78 Å². The van der Waals surface area contributed by atoms with Crippen molar-refractivity contribution in [1.29, 1.82) is 0 Å². The Morgan fingerprint density at radius 1 is 1.04 bits per heavy atom. The van der Waals surface area contributed by atoms with E-state index in [-0.39, 0.29) is 18.9 Å². The van der Waals surface area contributed by atoms with Crippen LogP contribution in [0.5, 0.6) is 5.75 Å². The van der Waals surface area contributed by atoms with Gasteiger partial charge in [-0.2, -0.15) is 5.10 Å². The van der Waals surface area contributed by atoms with Crippen molar-refractivity contribution in [3.8, 4) is 5.75 Å². The third-order valence-electron chi connectivity index (χ3n) is 3.59. The van der Waals surface area contributed by atoms with Crippen molar-refractivity contribution < 1.29 is 9.53 Å². The molecule has 0 radical (unpaired) electrons. The number of ether oxygens (including phenoxy) is 1. The van der Waals surface area contributed by atoms with E-state index in [9.17, 15) is 4.79 Å². The van der Waals surface area contributed by atoms with Gasteiger partial charge >= 0.3 is 0 Å². The van der Waals surface area contributed by atoms with Crippen molar-refractivity contribution in [2.24, 2.45) is 0 Å². The fraction of sp³-hybridized carbons (Fsp3) is 0.111. The number of ketones is 1. The van der Waals surface area contributed by atoms with Crippen molar-refractivity contribution in [2.45, 2.75) is 13.2 Å². The molecule has 0 unspecified atom stereocenters. The number of Topliss-reactive ketones (excluding diaryl/α,β-unsaturated/α-hetero) is 1. The summed E-state index contributed by atoms with van der Waals surface area (Å²) in [6.45, 7) is 0.211. The van der Waals surface area contributed by atoms with Gasteiger partial charge in [-0.3, -0.25) is 9.48 Å². The summed E-state index contributed by atoms with van der Waals surface area (Å²) < 4.78 is 7.20. The van der Waals surface area contributed by atoms with Gasteiger partial charge in [-0.15, -0.1) is 0 Å². The smallest absolute Gasteiger partial charge is 0.184 e. The van der Waals surface area contributed by atoms with Crippen LogP contribution in [0.25, 0.3) is 0 Å². The first-order valence-corrected chi connectivity index (χ1v) is 9.01. The maximum atomic E-state index is 12.3. The van der Waals surface area contributed by atoms with Crippen LogP contribution in [-0.4, -0.2) is 15.6 Å². The molecule has 0 aliphatic rings. The topological polar surface area (TPSA) is 44.1 Å². The molecule has 0 saturated carbocycles. The monoisotopic (exact) mass is 428 g/mol. The molecule has 0 saturated heterocycles. The Kier molecular flexibility index (Phi) is 6.09. The fourth-order valence-corrected chi connectivity index (χ4v) is 3.34. The van der Waals surface area contributed by atoms with Crippen LogP contribution in [0.4, 0.5) is 0 Å². The van der Waals surface area contributed by atoms with Crippen molar-refractivity contribution in [2.75, 3.05) is 0 Å². The minimum absolute atomic E-state index is 0.104. The summed E-state index contributed by atoms with van der Waals surface area (Å²) in [5.74, 6) is 0.313. The van der Waals surface area contributed by atoms with E-state index in [1.807, 2.05) is 0 Å². The molecule has 1 heterocycles. The van der Waals surface area contributed by atoms with Crippen LogP contribution < -0.4 is 4.74 Å². The molecule has 8 heteroatoms. The Morgan fingerprint density at radius 3 is 2.38 bits per heavy atom. The molecule has 0 atom stereocenters. The van der Waals surface area contributed by atoms with Gasteiger partial charge in [-0.25, -0.2) is 0 Å². The number of halogens is 4. The lowest BCUT2D eigenvalue weighted by Gasteiger charge is -2.12. The van der Waals surface area contributed by atoms with E-state index in [4.69, 9.17) is 51.1 Å². The van der Waals surface area contributed by atoms with Crippen LogP contribution in [0, 0.1) is 0 Å². The van der Waals surface area contributed by atoms with Gasteiger partial charge in [0.1, 0.15) is 18.9 Å². The summed E-state index contributed by atoms with van der Waals surface area (Å²) in [6, 6.07) is 9.80. The Bertz CT molecular complexity index is 919. The van der Waals surface area contributed by atoms with Gasteiger partial charge in [-0.1, -0.05) is 46.4 Å². The van der Waals surface area contributed by atoms with Crippen molar-refractivity contribution in [3.63, 3.8) is 0 Å². The lowest BCUT2D eigenvalue weighted by atomic mass is 10.1. The SMILES string of the molecule is O=C(Cn1cccn1)c1cc(Cl)c(COc2ccc(Cl)cc2Cl)c(Cl)c1. The molecule has 0 bridgehead atoms. The van der Waals surface area contributed by atoms with E-state index < -0.39 is 0 Å². The van der Waals surface area contributed by atoms with Crippen LogP contribution in [0.1, 0.15) is 15.9 Å².